The Hall–Kier alpha value is -2.33. The molecule has 2 unspecified atom stereocenters. The summed E-state index contributed by atoms with van der Waals surface area (Å²) >= 11 is 0. The van der Waals surface area contributed by atoms with Crippen molar-refractivity contribution in [2.45, 2.75) is 24.6 Å². The molecule has 0 spiro atoms. The van der Waals surface area contributed by atoms with Gasteiger partial charge in [-0.25, -0.2) is 24.1 Å². The molecule has 4 atom stereocenters. The minimum absolute atomic E-state index is 0.109. The molecule has 1 aliphatic heterocycles. The summed E-state index contributed by atoms with van der Waals surface area (Å²) in [5.74, 6) is -1.33. The summed E-state index contributed by atoms with van der Waals surface area (Å²) in [7, 11) is 0. The van der Waals surface area contributed by atoms with E-state index in [2.05, 4.69) is 15.0 Å². The lowest BCUT2D eigenvalue weighted by atomic mass is 10.1. The van der Waals surface area contributed by atoms with Crippen molar-refractivity contribution in [3.8, 4) is 0 Å². The van der Waals surface area contributed by atoms with Crippen LogP contribution in [0.25, 0.3) is 11.2 Å². The van der Waals surface area contributed by atoms with E-state index in [9.17, 15) is 14.3 Å². The number of nitrogens with two attached hydrogens (primary N) is 1. The molecule has 3 rings (SSSR count). The summed E-state index contributed by atoms with van der Waals surface area (Å²) in [4.78, 5) is 22.4. The number of aromatic nitrogens is 4. The molecule has 0 radical (unpaired) electrons. The monoisotopic (exact) mass is 283 g/mol. The number of fused-ring (bicyclic) bond motifs is 1. The number of aliphatic hydroxyl groups is 1. The van der Waals surface area contributed by atoms with Crippen LogP contribution in [0.3, 0.4) is 0 Å². The normalized spacial score (nSPS) is 29.9. The molecule has 1 saturated heterocycles. The van der Waals surface area contributed by atoms with E-state index in [1.807, 2.05) is 0 Å². The molecule has 106 valence electrons. The number of aliphatic hydroxyl groups excluding tert-OH is 1. The number of aliphatic carboxylic acids is 1. The highest BCUT2D eigenvalue weighted by atomic mass is 19.1. The van der Waals surface area contributed by atoms with Crippen LogP contribution >= 0.6 is 0 Å². The number of hydrogen-bond acceptors (Lipinski definition) is 7. The molecule has 10 heteroatoms. The molecule has 1 aliphatic rings. The van der Waals surface area contributed by atoms with Crippen LogP contribution in [-0.4, -0.2) is 54.1 Å². The number of rotatable bonds is 2. The van der Waals surface area contributed by atoms with E-state index in [1.54, 1.807) is 0 Å². The van der Waals surface area contributed by atoms with Crippen LogP contribution in [0, 0.1) is 0 Å². The number of nitrogens with zero attached hydrogens (tertiary/aromatic N) is 4. The fraction of sp³-hybridized carbons (Fsp3) is 0.400. The fourth-order valence-corrected chi connectivity index (χ4v) is 2.12. The van der Waals surface area contributed by atoms with E-state index in [0.717, 1.165) is 0 Å². The maximum Gasteiger partial charge on any atom is 0.335 e. The SMILES string of the molecule is Nc1ncnc2c1ncn2[C@@H]1OC(C(=O)O)[C@@H](O)C1F. The predicted molar refractivity (Wildman–Crippen MR) is 62.2 cm³/mol. The van der Waals surface area contributed by atoms with E-state index in [4.69, 9.17) is 15.6 Å². The van der Waals surface area contributed by atoms with Crippen molar-refractivity contribution >= 4 is 23.0 Å². The van der Waals surface area contributed by atoms with Gasteiger partial charge in [0, 0.05) is 0 Å². The first-order valence-corrected chi connectivity index (χ1v) is 5.64. The van der Waals surface area contributed by atoms with Crippen LogP contribution in [0.2, 0.25) is 0 Å². The molecule has 0 saturated carbocycles. The lowest BCUT2D eigenvalue weighted by Crippen LogP contribution is -2.34. The van der Waals surface area contributed by atoms with Gasteiger partial charge in [0.1, 0.15) is 17.9 Å². The second-order valence-electron chi connectivity index (χ2n) is 4.30. The molecule has 20 heavy (non-hydrogen) atoms. The van der Waals surface area contributed by atoms with Crippen LogP contribution in [0.1, 0.15) is 6.23 Å². The molecule has 1 fully saturated rings. The van der Waals surface area contributed by atoms with Gasteiger partial charge in [-0.2, -0.15) is 0 Å². The third kappa shape index (κ3) is 1.69. The van der Waals surface area contributed by atoms with Crippen LogP contribution in [0.15, 0.2) is 12.7 Å². The standard InChI is InChI=1S/C10H10FN5O4/c11-3-5(17)6(10(18)19)20-9(3)16-2-15-4-7(12)13-1-14-8(4)16/h1-3,5-6,9,17H,(H,18,19)(H2,12,13,14)/t3?,5-,6?,9+/m0/s1. The topological polar surface area (TPSA) is 136 Å². The molecule has 2 aromatic rings. The Morgan fingerprint density at radius 2 is 2.20 bits per heavy atom. The van der Waals surface area contributed by atoms with Gasteiger partial charge in [0.2, 0.25) is 0 Å². The average Bonchev–Trinajstić information content (AvgIpc) is 2.94. The Bertz CT molecular complexity index is 677. The summed E-state index contributed by atoms with van der Waals surface area (Å²) in [5.41, 5.74) is 6.05. The zero-order chi connectivity index (χ0) is 14.4. The fourth-order valence-electron chi connectivity index (χ4n) is 2.12. The Kier molecular flexibility index (Phi) is 2.76. The van der Waals surface area contributed by atoms with Crippen LogP contribution in [-0.2, 0) is 9.53 Å². The highest BCUT2D eigenvalue weighted by Gasteiger charge is 2.49. The van der Waals surface area contributed by atoms with Crippen molar-refractivity contribution in [2.75, 3.05) is 5.73 Å². The summed E-state index contributed by atoms with van der Waals surface area (Å²) < 4.78 is 20.2. The van der Waals surface area contributed by atoms with Gasteiger partial charge >= 0.3 is 5.97 Å². The summed E-state index contributed by atoms with van der Waals surface area (Å²) in [6.45, 7) is 0. The Morgan fingerprint density at radius 1 is 1.45 bits per heavy atom. The minimum Gasteiger partial charge on any atom is -0.479 e. The van der Waals surface area contributed by atoms with Gasteiger partial charge in [-0.3, -0.25) is 4.57 Å². The zero-order valence-electron chi connectivity index (χ0n) is 9.92. The number of carboxylic acids is 1. The highest BCUT2D eigenvalue weighted by Crippen LogP contribution is 2.33. The first-order chi connectivity index (χ1) is 9.50. The molecule has 2 aromatic heterocycles. The Morgan fingerprint density at radius 3 is 2.85 bits per heavy atom. The van der Waals surface area contributed by atoms with Crippen molar-refractivity contribution < 1.29 is 24.1 Å². The quantitative estimate of drug-likeness (QED) is 0.644. The first-order valence-electron chi connectivity index (χ1n) is 5.64. The largest absolute Gasteiger partial charge is 0.479 e. The number of imidazole rings is 1. The zero-order valence-corrected chi connectivity index (χ0v) is 9.92. The van der Waals surface area contributed by atoms with Gasteiger partial charge in [-0.1, -0.05) is 0 Å². The van der Waals surface area contributed by atoms with Crippen molar-refractivity contribution in [2.24, 2.45) is 0 Å². The van der Waals surface area contributed by atoms with Gasteiger partial charge in [-0.15, -0.1) is 0 Å². The molecular weight excluding hydrogens is 273 g/mol. The van der Waals surface area contributed by atoms with Gasteiger partial charge < -0.3 is 20.7 Å². The molecule has 9 nitrogen and oxygen atoms in total. The minimum atomic E-state index is -1.93. The number of ether oxygens (including phenoxy) is 1. The Balaban J connectivity index is 2.04. The second-order valence-corrected chi connectivity index (χ2v) is 4.30. The van der Waals surface area contributed by atoms with Gasteiger partial charge in [0.05, 0.1) is 6.33 Å². The number of anilines is 1. The molecule has 3 heterocycles. The third-order valence-electron chi connectivity index (χ3n) is 3.10. The summed E-state index contributed by atoms with van der Waals surface area (Å²) in [6.07, 6.45) is -4.30. The molecule has 0 aliphatic carbocycles. The van der Waals surface area contributed by atoms with Crippen LogP contribution in [0.4, 0.5) is 10.2 Å². The van der Waals surface area contributed by atoms with Gasteiger partial charge in [-0.05, 0) is 0 Å². The van der Waals surface area contributed by atoms with Gasteiger partial charge in [0.15, 0.2) is 30.0 Å². The lowest BCUT2D eigenvalue weighted by Gasteiger charge is -2.14. The van der Waals surface area contributed by atoms with E-state index in [-0.39, 0.29) is 17.0 Å². The van der Waals surface area contributed by atoms with Crippen molar-refractivity contribution in [1.29, 1.82) is 0 Å². The number of hydrogen-bond donors (Lipinski definition) is 3. The van der Waals surface area contributed by atoms with E-state index < -0.39 is 30.6 Å². The van der Waals surface area contributed by atoms with Crippen LogP contribution in [0.5, 0.6) is 0 Å². The van der Waals surface area contributed by atoms with E-state index >= 15 is 0 Å². The maximum absolute atomic E-state index is 14.0. The summed E-state index contributed by atoms with van der Waals surface area (Å²) in [5, 5.41) is 18.4. The highest BCUT2D eigenvalue weighted by molar-refractivity contribution is 5.81. The molecule has 0 amide bonds. The smallest absolute Gasteiger partial charge is 0.335 e. The number of halogens is 1. The number of carboxylic acid groups (broad SMARTS) is 1. The van der Waals surface area contributed by atoms with Crippen molar-refractivity contribution in [3.63, 3.8) is 0 Å². The summed E-state index contributed by atoms with van der Waals surface area (Å²) in [6, 6.07) is 0. The average molecular weight is 283 g/mol. The number of alkyl halides is 1. The lowest BCUT2D eigenvalue weighted by molar-refractivity contribution is -0.155. The molecule has 0 bridgehead atoms. The third-order valence-corrected chi connectivity index (χ3v) is 3.10. The second kappa shape index (κ2) is 4.35. The van der Waals surface area contributed by atoms with E-state index in [1.165, 1.54) is 17.2 Å². The molecule has 4 N–H and O–H groups in total. The van der Waals surface area contributed by atoms with E-state index in [0.29, 0.717) is 0 Å². The molecular formula is C10H10FN5O4. The number of carbonyl (C=O) groups is 1. The van der Waals surface area contributed by atoms with Gasteiger partial charge in [0.25, 0.3) is 0 Å². The van der Waals surface area contributed by atoms with Crippen molar-refractivity contribution in [1.82, 2.24) is 19.5 Å². The van der Waals surface area contributed by atoms with Crippen LogP contribution < -0.4 is 5.73 Å². The predicted octanol–water partition coefficient (Wildman–Crippen LogP) is -0.910. The number of nitrogen functional groups attached to an aromatic ring is 1. The first kappa shape index (κ1) is 12.7. The van der Waals surface area contributed by atoms with Crippen molar-refractivity contribution in [3.05, 3.63) is 12.7 Å². The molecule has 0 aromatic carbocycles. The Labute approximate surface area is 110 Å². The maximum atomic E-state index is 14.0.